The van der Waals surface area contributed by atoms with Crippen molar-refractivity contribution in [2.24, 2.45) is 23.2 Å². The first-order valence-electron chi connectivity index (χ1n) is 11.7. The highest BCUT2D eigenvalue weighted by molar-refractivity contribution is 6.34. The van der Waals surface area contributed by atoms with Gasteiger partial charge >= 0.3 is 5.97 Å². The number of ether oxygens (including phenoxy) is 1. The van der Waals surface area contributed by atoms with Crippen LogP contribution in [0.5, 0.6) is 0 Å². The molecule has 0 unspecified atom stereocenters. The van der Waals surface area contributed by atoms with Crippen LogP contribution in [0.1, 0.15) is 69.6 Å². The van der Waals surface area contributed by atoms with Crippen LogP contribution in [0.2, 0.25) is 0 Å². The van der Waals surface area contributed by atoms with E-state index in [-0.39, 0.29) is 35.2 Å². The Bertz CT molecular complexity index is 1110. The van der Waals surface area contributed by atoms with Gasteiger partial charge in [-0.1, -0.05) is 12.1 Å². The summed E-state index contributed by atoms with van der Waals surface area (Å²) in [5.41, 5.74) is 1.13. The number of fused-ring (bicyclic) bond motifs is 1. The van der Waals surface area contributed by atoms with E-state index in [1.165, 1.54) is 31.4 Å². The third-order valence-corrected chi connectivity index (χ3v) is 8.12. The second-order valence-corrected chi connectivity index (χ2v) is 10.2. The van der Waals surface area contributed by atoms with Gasteiger partial charge in [0.05, 0.1) is 22.4 Å². The number of ketones is 1. The number of esters is 1. The fourth-order valence-corrected chi connectivity index (χ4v) is 6.99. The first-order valence-corrected chi connectivity index (χ1v) is 11.7. The van der Waals surface area contributed by atoms with Crippen LogP contribution in [0, 0.1) is 23.2 Å². The van der Waals surface area contributed by atoms with Crippen LogP contribution < -0.4 is 4.90 Å². The van der Waals surface area contributed by atoms with Gasteiger partial charge in [-0.05, 0) is 92.7 Å². The van der Waals surface area contributed by atoms with Crippen molar-refractivity contribution in [3.63, 3.8) is 0 Å². The zero-order valence-corrected chi connectivity index (χ0v) is 18.3. The van der Waals surface area contributed by atoms with Crippen LogP contribution in [0.3, 0.4) is 0 Å². The van der Waals surface area contributed by atoms with Crippen LogP contribution in [0.25, 0.3) is 0 Å². The van der Waals surface area contributed by atoms with Crippen LogP contribution in [0.4, 0.5) is 5.69 Å². The first kappa shape index (κ1) is 20.3. The number of hydrogen-bond donors (Lipinski definition) is 0. The van der Waals surface area contributed by atoms with E-state index < -0.39 is 5.97 Å². The number of Topliss-reactive ketones (excluding diaryl/α,β-unsaturated/α-hetero) is 1. The van der Waals surface area contributed by atoms with Gasteiger partial charge in [0.1, 0.15) is 0 Å². The average molecular weight is 443 g/mol. The van der Waals surface area contributed by atoms with E-state index in [1.807, 2.05) is 0 Å². The van der Waals surface area contributed by atoms with E-state index in [0.717, 1.165) is 24.2 Å². The summed E-state index contributed by atoms with van der Waals surface area (Å²) < 4.78 is 5.40. The van der Waals surface area contributed by atoms with Crippen molar-refractivity contribution in [1.29, 1.82) is 0 Å². The van der Waals surface area contributed by atoms with Crippen molar-refractivity contribution in [3.05, 3.63) is 65.2 Å². The molecule has 2 amide bonds. The molecule has 4 saturated carbocycles. The lowest BCUT2D eigenvalue weighted by atomic mass is 9.48. The van der Waals surface area contributed by atoms with E-state index in [0.29, 0.717) is 34.6 Å². The molecule has 4 bridgehead atoms. The minimum Gasteiger partial charge on any atom is -0.454 e. The molecule has 168 valence electrons. The van der Waals surface area contributed by atoms with Crippen molar-refractivity contribution in [2.75, 3.05) is 11.5 Å². The zero-order chi connectivity index (χ0) is 22.7. The van der Waals surface area contributed by atoms with Gasteiger partial charge in [-0.2, -0.15) is 0 Å². The molecule has 7 rings (SSSR count). The molecular formula is C27H25NO5. The number of carbonyl (C=O) groups is 4. The normalized spacial score (nSPS) is 29.3. The highest BCUT2D eigenvalue weighted by atomic mass is 16.5. The topological polar surface area (TPSA) is 80.8 Å². The first-order chi connectivity index (χ1) is 15.9. The quantitative estimate of drug-likeness (QED) is 0.504. The zero-order valence-electron chi connectivity index (χ0n) is 18.3. The molecule has 0 N–H and O–H groups in total. The Hall–Kier alpha value is -3.28. The van der Waals surface area contributed by atoms with Crippen LogP contribution in [-0.2, 0) is 9.53 Å². The van der Waals surface area contributed by atoms with Crippen molar-refractivity contribution in [2.45, 2.75) is 38.5 Å². The molecule has 6 heteroatoms. The Balaban J connectivity index is 1.12. The Morgan fingerprint density at radius 3 is 1.85 bits per heavy atom. The third-order valence-electron chi connectivity index (χ3n) is 8.12. The number of nitrogens with zero attached hydrogens (tertiary/aromatic N) is 1. The Kier molecular flexibility index (Phi) is 4.54. The molecule has 0 atom stereocenters. The number of anilines is 1. The number of amides is 2. The van der Waals surface area contributed by atoms with Crippen molar-refractivity contribution in [3.8, 4) is 0 Å². The predicted octanol–water partition coefficient (Wildman–Crippen LogP) is 4.43. The predicted molar refractivity (Wildman–Crippen MR) is 120 cm³/mol. The molecule has 1 heterocycles. The maximum absolute atomic E-state index is 13.1. The standard InChI is InChI=1S/C27H25NO5/c29-23(27-12-16-9-17(13-27)11-18(10-16)14-27)15-33-26(32)19-5-7-20(8-6-19)28-24(30)21-3-1-2-4-22(21)25(28)31/h1-8,16-18H,9-15H2. The van der Waals surface area contributed by atoms with E-state index in [1.54, 1.807) is 36.4 Å². The number of hydrogen-bond acceptors (Lipinski definition) is 5. The summed E-state index contributed by atoms with van der Waals surface area (Å²) in [5.74, 6) is 0.709. The minimum absolute atomic E-state index is 0.0672. The summed E-state index contributed by atoms with van der Waals surface area (Å²) in [5, 5.41) is 0. The maximum Gasteiger partial charge on any atom is 0.338 e. The van der Waals surface area contributed by atoms with Gasteiger partial charge in [-0.3, -0.25) is 14.4 Å². The fourth-order valence-electron chi connectivity index (χ4n) is 6.99. The number of rotatable bonds is 5. The second kappa shape index (κ2) is 7.37. The lowest BCUT2D eigenvalue weighted by Crippen LogP contribution is -2.51. The van der Waals surface area contributed by atoms with E-state index in [9.17, 15) is 19.2 Å². The molecule has 0 aromatic heterocycles. The monoisotopic (exact) mass is 443 g/mol. The van der Waals surface area contributed by atoms with Gasteiger partial charge in [-0.15, -0.1) is 0 Å². The van der Waals surface area contributed by atoms with Gasteiger partial charge in [0, 0.05) is 5.41 Å². The number of benzene rings is 2. The molecule has 5 aliphatic rings. The highest BCUT2D eigenvalue weighted by Gasteiger charge is 2.54. The second-order valence-electron chi connectivity index (χ2n) is 10.2. The highest BCUT2D eigenvalue weighted by Crippen LogP contribution is 2.60. The third kappa shape index (κ3) is 3.23. The van der Waals surface area contributed by atoms with Gasteiger partial charge in [0.15, 0.2) is 12.4 Å². The van der Waals surface area contributed by atoms with E-state index in [2.05, 4.69) is 0 Å². The lowest BCUT2D eigenvalue weighted by molar-refractivity contribution is -0.147. The van der Waals surface area contributed by atoms with Crippen LogP contribution >= 0.6 is 0 Å². The van der Waals surface area contributed by atoms with Crippen molar-refractivity contribution in [1.82, 2.24) is 0 Å². The lowest BCUT2D eigenvalue weighted by Gasteiger charge is -2.55. The Morgan fingerprint density at radius 2 is 1.33 bits per heavy atom. The van der Waals surface area contributed by atoms with E-state index in [4.69, 9.17) is 4.74 Å². The van der Waals surface area contributed by atoms with Gasteiger partial charge in [0.25, 0.3) is 11.8 Å². The largest absolute Gasteiger partial charge is 0.454 e. The van der Waals surface area contributed by atoms with E-state index >= 15 is 0 Å². The molecule has 4 fully saturated rings. The molecule has 2 aromatic carbocycles. The number of carbonyl (C=O) groups excluding carboxylic acids is 4. The summed E-state index contributed by atoms with van der Waals surface area (Å²) in [4.78, 5) is 52.1. The summed E-state index contributed by atoms with van der Waals surface area (Å²) in [7, 11) is 0. The maximum atomic E-state index is 13.1. The van der Waals surface area contributed by atoms with Crippen molar-refractivity contribution < 1.29 is 23.9 Å². The molecule has 6 nitrogen and oxygen atoms in total. The van der Waals surface area contributed by atoms with Gasteiger partial charge in [-0.25, -0.2) is 9.69 Å². The summed E-state index contributed by atoms with van der Waals surface area (Å²) in [6, 6.07) is 12.9. The smallest absolute Gasteiger partial charge is 0.338 e. The minimum atomic E-state index is -0.568. The summed E-state index contributed by atoms with van der Waals surface area (Å²) >= 11 is 0. The molecule has 0 saturated heterocycles. The van der Waals surface area contributed by atoms with Gasteiger partial charge in [0.2, 0.25) is 0 Å². The molecular weight excluding hydrogens is 418 g/mol. The van der Waals surface area contributed by atoms with Gasteiger partial charge < -0.3 is 4.74 Å². The molecule has 33 heavy (non-hydrogen) atoms. The van der Waals surface area contributed by atoms with Crippen LogP contribution in [-0.4, -0.2) is 30.2 Å². The fraction of sp³-hybridized carbons (Fsp3) is 0.407. The molecule has 0 radical (unpaired) electrons. The SMILES string of the molecule is O=C(OCC(=O)C12CC3CC(CC(C3)C1)C2)c1ccc(N2C(=O)c3ccccc3C2=O)cc1. The van der Waals surface area contributed by atoms with Crippen LogP contribution in [0.15, 0.2) is 48.5 Å². The Morgan fingerprint density at radius 1 is 0.818 bits per heavy atom. The average Bonchev–Trinajstić information content (AvgIpc) is 3.06. The molecule has 0 spiro atoms. The molecule has 2 aromatic rings. The molecule has 4 aliphatic carbocycles. The number of imide groups is 1. The summed E-state index contributed by atoms with van der Waals surface area (Å²) in [6.07, 6.45) is 6.61. The molecule has 1 aliphatic heterocycles. The summed E-state index contributed by atoms with van der Waals surface area (Å²) in [6.45, 7) is -0.189. The van der Waals surface area contributed by atoms with Crippen molar-refractivity contribution >= 4 is 29.3 Å². The Labute approximate surface area is 191 Å².